The Bertz CT molecular complexity index is 106. The Morgan fingerprint density at radius 3 is 2.58 bits per heavy atom. The summed E-state index contributed by atoms with van der Waals surface area (Å²) in [7, 11) is 0. The van der Waals surface area contributed by atoms with Gasteiger partial charge in [0, 0.05) is 12.6 Å². The molecule has 0 aromatic carbocycles. The van der Waals surface area contributed by atoms with Crippen molar-refractivity contribution in [1.82, 2.24) is 5.32 Å². The molecule has 0 saturated carbocycles. The molecule has 71 valence electrons. The molecule has 1 aliphatic rings. The molecule has 1 N–H and O–H groups in total. The van der Waals surface area contributed by atoms with Gasteiger partial charge in [0.25, 0.3) is 0 Å². The second-order valence-electron chi connectivity index (χ2n) is 3.39. The molecule has 0 atom stereocenters. The zero-order valence-corrected chi connectivity index (χ0v) is 8.23. The largest absolute Gasteiger partial charge is 0.356 e. The van der Waals surface area contributed by atoms with Gasteiger partial charge >= 0.3 is 0 Å². The molecule has 0 aromatic heterocycles. The van der Waals surface area contributed by atoms with Crippen molar-refractivity contribution in [2.24, 2.45) is 0 Å². The smallest absolute Gasteiger partial charge is 0.162 e. The number of ether oxygens (including phenoxy) is 1. The molecule has 1 fully saturated rings. The van der Waals surface area contributed by atoms with Crippen LogP contribution in [-0.4, -0.2) is 12.6 Å². The molecule has 1 aliphatic heterocycles. The lowest BCUT2D eigenvalue weighted by atomic mass is 10.1. The molecule has 1 rings (SSSR count). The van der Waals surface area contributed by atoms with Crippen molar-refractivity contribution in [3.8, 4) is 0 Å². The van der Waals surface area contributed by atoms with Crippen molar-refractivity contribution in [2.45, 2.75) is 52.0 Å². The van der Waals surface area contributed by atoms with Crippen LogP contribution in [-0.2, 0) is 4.74 Å². The van der Waals surface area contributed by atoms with E-state index in [9.17, 15) is 0 Å². The molecule has 2 nitrogen and oxygen atoms in total. The lowest BCUT2D eigenvalue weighted by molar-refractivity contribution is 0.0713. The van der Waals surface area contributed by atoms with E-state index in [0.29, 0.717) is 6.04 Å². The monoisotopic (exact) mass is 170 g/mol. The predicted octanol–water partition coefficient (Wildman–Crippen LogP) is 2.45. The molecular weight excluding hydrogens is 150 g/mol. The summed E-state index contributed by atoms with van der Waals surface area (Å²) in [6, 6.07) is 0.609. The van der Waals surface area contributed by atoms with E-state index in [2.05, 4.69) is 19.2 Å². The standard InChI is InChI=1S/C10H20NO/c1-3-9(4-2)11-10-7-5-6-8-12-10/h9,11H,3-8H2,1-2H3. The zero-order valence-electron chi connectivity index (χ0n) is 8.23. The van der Waals surface area contributed by atoms with Crippen molar-refractivity contribution in [3.05, 3.63) is 6.23 Å². The normalized spacial score (nSPS) is 20.2. The van der Waals surface area contributed by atoms with Crippen molar-refractivity contribution >= 4 is 0 Å². The Morgan fingerprint density at radius 1 is 1.33 bits per heavy atom. The summed E-state index contributed by atoms with van der Waals surface area (Å²) in [4.78, 5) is 0. The Hall–Kier alpha value is -0.0800. The third-order valence-electron chi connectivity index (χ3n) is 2.43. The topological polar surface area (TPSA) is 21.3 Å². The molecule has 12 heavy (non-hydrogen) atoms. The molecule has 2 heteroatoms. The average Bonchev–Trinajstić information content (AvgIpc) is 2.16. The highest BCUT2D eigenvalue weighted by Crippen LogP contribution is 2.17. The summed E-state index contributed by atoms with van der Waals surface area (Å²) in [6.45, 7) is 5.33. The van der Waals surface area contributed by atoms with Crippen molar-refractivity contribution in [1.29, 1.82) is 0 Å². The van der Waals surface area contributed by atoms with E-state index in [1.807, 2.05) is 0 Å². The van der Waals surface area contributed by atoms with E-state index >= 15 is 0 Å². The first-order valence-corrected chi connectivity index (χ1v) is 5.12. The van der Waals surface area contributed by atoms with Crippen LogP contribution in [0.1, 0.15) is 46.0 Å². The molecular formula is C10H20NO. The molecule has 0 bridgehead atoms. The Balaban J connectivity index is 2.18. The minimum absolute atomic E-state index is 0.609. The van der Waals surface area contributed by atoms with Crippen LogP contribution >= 0.6 is 0 Å². The van der Waals surface area contributed by atoms with E-state index in [4.69, 9.17) is 4.74 Å². The molecule has 0 aromatic rings. The fourth-order valence-electron chi connectivity index (χ4n) is 1.49. The highest BCUT2D eigenvalue weighted by atomic mass is 16.5. The fraction of sp³-hybridized carbons (Fsp3) is 0.900. The van der Waals surface area contributed by atoms with E-state index in [-0.39, 0.29) is 0 Å². The van der Waals surface area contributed by atoms with Gasteiger partial charge in [-0.25, -0.2) is 0 Å². The summed E-state index contributed by atoms with van der Waals surface area (Å²) in [5, 5.41) is 3.45. The second-order valence-corrected chi connectivity index (χ2v) is 3.39. The van der Waals surface area contributed by atoms with E-state index in [1.54, 1.807) is 0 Å². The van der Waals surface area contributed by atoms with Gasteiger partial charge in [-0.3, -0.25) is 5.32 Å². The van der Waals surface area contributed by atoms with Gasteiger partial charge in [-0.1, -0.05) is 13.8 Å². The van der Waals surface area contributed by atoms with Crippen LogP contribution in [0.5, 0.6) is 0 Å². The maximum absolute atomic E-state index is 5.52. The van der Waals surface area contributed by atoms with Crippen LogP contribution in [0.3, 0.4) is 0 Å². The molecule has 0 amide bonds. The predicted molar refractivity (Wildman–Crippen MR) is 50.6 cm³/mol. The Labute approximate surface area is 75.7 Å². The quantitative estimate of drug-likeness (QED) is 0.699. The highest BCUT2D eigenvalue weighted by Gasteiger charge is 2.17. The minimum Gasteiger partial charge on any atom is -0.356 e. The molecule has 1 heterocycles. The highest BCUT2D eigenvalue weighted by molar-refractivity contribution is 4.82. The Kier molecular flexibility index (Phi) is 4.62. The van der Waals surface area contributed by atoms with Crippen LogP contribution in [0.4, 0.5) is 0 Å². The van der Waals surface area contributed by atoms with Gasteiger partial charge in [0.1, 0.15) is 0 Å². The van der Waals surface area contributed by atoms with Gasteiger partial charge in [-0.2, -0.15) is 0 Å². The maximum atomic E-state index is 5.52. The van der Waals surface area contributed by atoms with Gasteiger partial charge < -0.3 is 4.74 Å². The summed E-state index contributed by atoms with van der Waals surface area (Å²) in [6.07, 6.45) is 7.09. The number of rotatable bonds is 4. The van der Waals surface area contributed by atoms with Gasteiger partial charge in [-0.05, 0) is 32.1 Å². The first kappa shape index (κ1) is 10.0. The lowest BCUT2D eigenvalue weighted by Gasteiger charge is -2.26. The number of hydrogen-bond acceptors (Lipinski definition) is 2. The van der Waals surface area contributed by atoms with Crippen LogP contribution in [0.25, 0.3) is 0 Å². The molecule has 0 unspecified atom stereocenters. The minimum atomic E-state index is 0.609. The van der Waals surface area contributed by atoms with Crippen molar-refractivity contribution < 1.29 is 4.74 Å². The molecule has 1 radical (unpaired) electrons. The second kappa shape index (κ2) is 5.55. The summed E-state index contributed by atoms with van der Waals surface area (Å²) < 4.78 is 5.52. The lowest BCUT2D eigenvalue weighted by Crippen LogP contribution is -2.35. The van der Waals surface area contributed by atoms with Crippen LogP contribution in [0.2, 0.25) is 0 Å². The average molecular weight is 170 g/mol. The summed E-state index contributed by atoms with van der Waals surface area (Å²) >= 11 is 0. The van der Waals surface area contributed by atoms with Crippen LogP contribution in [0, 0.1) is 6.23 Å². The Morgan fingerprint density at radius 2 is 2.08 bits per heavy atom. The summed E-state index contributed by atoms with van der Waals surface area (Å²) in [5.41, 5.74) is 0. The van der Waals surface area contributed by atoms with Crippen molar-refractivity contribution in [3.63, 3.8) is 0 Å². The first-order valence-electron chi connectivity index (χ1n) is 5.12. The molecule has 1 saturated heterocycles. The van der Waals surface area contributed by atoms with E-state index in [1.165, 1.54) is 25.7 Å². The van der Waals surface area contributed by atoms with Crippen LogP contribution in [0.15, 0.2) is 0 Å². The number of nitrogens with one attached hydrogen (secondary N) is 1. The molecule has 0 spiro atoms. The SMILES string of the molecule is CCC(CC)N[C]1CCCCO1. The van der Waals surface area contributed by atoms with Crippen molar-refractivity contribution in [2.75, 3.05) is 6.61 Å². The number of hydrogen-bond donors (Lipinski definition) is 1. The first-order chi connectivity index (χ1) is 5.86. The van der Waals surface area contributed by atoms with E-state index < -0.39 is 0 Å². The molecule has 0 aliphatic carbocycles. The van der Waals surface area contributed by atoms with Crippen LogP contribution < -0.4 is 5.32 Å². The van der Waals surface area contributed by atoms with E-state index in [0.717, 1.165) is 19.3 Å². The van der Waals surface area contributed by atoms with Gasteiger partial charge in [0.15, 0.2) is 6.23 Å². The van der Waals surface area contributed by atoms with Gasteiger partial charge in [0.2, 0.25) is 0 Å². The fourth-order valence-corrected chi connectivity index (χ4v) is 1.49. The third kappa shape index (κ3) is 3.11. The third-order valence-corrected chi connectivity index (χ3v) is 2.43. The van der Waals surface area contributed by atoms with Gasteiger partial charge in [-0.15, -0.1) is 0 Å². The van der Waals surface area contributed by atoms with Gasteiger partial charge in [0.05, 0.1) is 0 Å². The summed E-state index contributed by atoms with van der Waals surface area (Å²) in [5.74, 6) is 0. The maximum Gasteiger partial charge on any atom is 0.162 e. The zero-order chi connectivity index (χ0) is 8.81.